The predicted molar refractivity (Wildman–Crippen MR) is 168 cm³/mol. The molecule has 0 amide bonds. The van der Waals surface area contributed by atoms with Crippen LogP contribution in [-0.4, -0.2) is 46.3 Å². The fourth-order valence-electron chi connectivity index (χ4n) is 7.64. The van der Waals surface area contributed by atoms with Gasteiger partial charge in [0, 0.05) is 0 Å². The van der Waals surface area contributed by atoms with Crippen LogP contribution in [0.1, 0.15) is 145 Å². The second kappa shape index (κ2) is 19.3. The quantitative estimate of drug-likeness (QED) is 0.224. The molecular weight excluding hydrogens is 548 g/mol. The highest BCUT2D eigenvalue weighted by Gasteiger charge is 2.43. The molecule has 8 heteroatoms. The van der Waals surface area contributed by atoms with Crippen LogP contribution in [0.25, 0.3) is 0 Å². The van der Waals surface area contributed by atoms with Crippen molar-refractivity contribution in [2.45, 2.75) is 157 Å². The summed E-state index contributed by atoms with van der Waals surface area (Å²) in [5, 5.41) is 19.0. The van der Waals surface area contributed by atoms with Crippen LogP contribution in [0.3, 0.4) is 0 Å². The van der Waals surface area contributed by atoms with Crippen LogP contribution < -0.4 is 0 Å². The van der Waals surface area contributed by atoms with Gasteiger partial charge in [0.05, 0.1) is 23.7 Å². The molecule has 0 aromatic heterocycles. The molecule has 8 nitrogen and oxygen atoms in total. The van der Waals surface area contributed by atoms with E-state index in [1.807, 2.05) is 34.6 Å². The third kappa shape index (κ3) is 10.8. The van der Waals surface area contributed by atoms with Crippen molar-refractivity contribution in [2.75, 3.05) is 0 Å². The maximum atomic E-state index is 12.8. The Labute approximate surface area is 261 Å². The summed E-state index contributed by atoms with van der Waals surface area (Å²) >= 11 is 0. The number of esters is 2. The number of carboxylic acids is 2. The third-order valence-electron chi connectivity index (χ3n) is 10.4. The number of carbonyl (C=O) groups excluding carboxylic acids is 2. The number of hydrogen-bond acceptors (Lipinski definition) is 6. The lowest BCUT2D eigenvalue weighted by atomic mass is 9.60. The molecule has 3 rings (SSSR count). The second-order valence-electron chi connectivity index (χ2n) is 12.8. The molecule has 0 spiro atoms. The Morgan fingerprint density at radius 3 is 1.47 bits per heavy atom. The monoisotopic (exact) mass is 610 g/mol. The maximum Gasteiger partial charge on any atom is 0.310 e. The molecule has 3 aliphatic rings. The predicted octanol–water partition coefficient (Wildman–Crippen LogP) is 8.30. The van der Waals surface area contributed by atoms with Crippen molar-refractivity contribution in [1.29, 1.82) is 0 Å². The number of rotatable bonds is 11. The maximum absolute atomic E-state index is 12.8. The summed E-state index contributed by atoms with van der Waals surface area (Å²) in [5.74, 6) is -3.91. The second-order valence-corrected chi connectivity index (χ2v) is 12.8. The van der Waals surface area contributed by atoms with E-state index in [9.17, 15) is 29.4 Å². The van der Waals surface area contributed by atoms with E-state index in [1.165, 1.54) is 0 Å². The molecule has 0 heterocycles. The van der Waals surface area contributed by atoms with Crippen molar-refractivity contribution in [3.8, 4) is 0 Å². The van der Waals surface area contributed by atoms with E-state index in [2.05, 4.69) is 13.8 Å². The minimum Gasteiger partial charge on any atom is -0.481 e. The van der Waals surface area contributed by atoms with Gasteiger partial charge in [-0.1, -0.05) is 68.2 Å². The number of ether oxygens (including phenoxy) is 2. The average molecular weight is 611 g/mol. The van der Waals surface area contributed by atoms with Crippen molar-refractivity contribution in [1.82, 2.24) is 0 Å². The minimum atomic E-state index is -0.935. The number of carbonyl (C=O) groups is 4. The van der Waals surface area contributed by atoms with Gasteiger partial charge in [-0.15, -0.1) is 0 Å². The van der Waals surface area contributed by atoms with Crippen molar-refractivity contribution in [3.05, 3.63) is 0 Å². The Kier molecular flexibility index (Phi) is 17.5. The highest BCUT2D eigenvalue weighted by Crippen LogP contribution is 2.49. The van der Waals surface area contributed by atoms with Gasteiger partial charge in [-0.3, -0.25) is 19.2 Å². The molecule has 0 aromatic rings. The summed E-state index contributed by atoms with van der Waals surface area (Å²) in [4.78, 5) is 48.7. The Morgan fingerprint density at radius 1 is 0.651 bits per heavy atom. The molecule has 0 bridgehead atoms. The van der Waals surface area contributed by atoms with Gasteiger partial charge < -0.3 is 19.7 Å². The Balaban J connectivity index is 0.00000221. The molecule has 0 radical (unpaired) electrons. The molecule has 43 heavy (non-hydrogen) atoms. The molecule has 3 fully saturated rings. The fraction of sp³-hybridized carbons (Fsp3) is 0.886. The largest absolute Gasteiger partial charge is 0.481 e. The van der Waals surface area contributed by atoms with E-state index in [1.54, 1.807) is 6.92 Å². The molecular formula is C35H62O8. The Hall–Kier alpha value is -2.12. The van der Waals surface area contributed by atoms with Crippen LogP contribution in [-0.2, 0) is 28.7 Å². The zero-order chi connectivity index (χ0) is 32.7. The lowest BCUT2D eigenvalue weighted by Crippen LogP contribution is -2.41. The van der Waals surface area contributed by atoms with E-state index >= 15 is 0 Å². The SMILES string of the molecule is CC.CC.CCC(C(=O)O)C(CC)C(=O)OC1CCC(C(C)(C)C2CCC(OC(=O)C3CCCCC3C(=O)O)CC2)CC1. The van der Waals surface area contributed by atoms with Gasteiger partial charge in [0.2, 0.25) is 0 Å². The van der Waals surface area contributed by atoms with Crippen LogP contribution in [0, 0.1) is 40.9 Å². The van der Waals surface area contributed by atoms with Gasteiger partial charge in [0.25, 0.3) is 0 Å². The van der Waals surface area contributed by atoms with Gasteiger partial charge >= 0.3 is 23.9 Å². The molecule has 4 unspecified atom stereocenters. The first-order chi connectivity index (χ1) is 20.5. The first kappa shape index (κ1) is 38.9. The minimum absolute atomic E-state index is 0.115. The molecule has 250 valence electrons. The normalized spacial score (nSPS) is 28.8. The summed E-state index contributed by atoms with van der Waals surface area (Å²) in [7, 11) is 0. The van der Waals surface area contributed by atoms with Crippen molar-refractivity contribution < 1.29 is 38.9 Å². The first-order valence-electron chi connectivity index (χ1n) is 17.4. The highest BCUT2D eigenvalue weighted by molar-refractivity contribution is 5.82. The van der Waals surface area contributed by atoms with Crippen LogP contribution in [0.4, 0.5) is 0 Å². The van der Waals surface area contributed by atoms with Crippen molar-refractivity contribution in [2.24, 2.45) is 40.9 Å². The average Bonchev–Trinajstić information content (AvgIpc) is 3.02. The Morgan fingerprint density at radius 2 is 1.07 bits per heavy atom. The first-order valence-corrected chi connectivity index (χ1v) is 17.4. The van der Waals surface area contributed by atoms with E-state index in [4.69, 9.17) is 9.47 Å². The fourth-order valence-corrected chi connectivity index (χ4v) is 7.64. The number of hydrogen-bond donors (Lipinski definition) is 2. The standard InChI is InChI=1S/C31H50O8.2C2H6/c1-5-23(27(32)33)24(6-2)29(36)38-21-15-11-19(12-16-21)31(3,4)20-13-17-22(18-14-20)39-30(37)26-10-8-7-9-25(26)28(34)35;2*1-2/h19-26H,5-18H2,1-4H3,(H,32,33)(H,34,35);2*1-2H3. The topological polar surface area (TPSA) is 127 Å². The number of carboxylic acid groups (broad SMARTS) is 2. The van der Waals surface area contributed by atoms with E-state index < -0.39 is 35.6 Å². The van der Waals surface area contributed by atoms with Gasteiger partial charge in [-0.25, -0.2) is 0 Å². The summed E-state index contributed by atoms with van der Waals surface area (Å²) in [6.07, 6.45) is 10.7. The van der Waals surface area contributed by atoms with Crippen LogP contribution in [0.15, 0.2) is 0 Å². The molecule has 3 saturated carbocycles. The van der Waals surface area contributed by atoms with Gasteiger partial charge in [-0.05, 0) is 94.3 Å². The van der Waals surface area contributed by atoms with E-state index in [0.717, 1.165) is 64.2 Å². The zero-order valence-electron chi connectivity index (χ0n) is 28.4. The summed E-state index contributed by atoms with van der Waals surface area (Å²) in [6.45, 7) is 16.3. The molecule has 4 atom stereocenters. The van der Waals surface area contributed by atoms with Gasteiger partial charge in [0.15, 0.2) is 0 Å². The molecule has 2 N–H and O–H groups in total. The summed E-state index contributed by atoms with van der Waals surface area (Å²) in [5.41, 5.74) is 0.115. The van der Waals surface area contributed by atoms with Crippen LogP contribution >= 0.6 is 0 Å². The Bertz CT molecular complexity index is 798. The zero-order valence-corrected chi connectivity index (χ0v) is 28.4. The van der Waals surface area contributed by atoms with Gasteiger partial charge in [-0.2, -0.15) is 0 Å². The molecule has 0 saturated heterocycles. The molecule has 0 aromatic carbocycles. The summed E-state index contributed by atoms with van der Waals surface area (Å²) < 4.78 is 11.7. The smallest absolute Gasteiger partial charge is 0.310 e. The van der Waals surface area contributed by atoms with E-state index in [0.29, 0.717) is 37.5 Å². The van der Waals surface area contributed by atoms with E-state index in [-0.39, 0.29) is 29.6 Å². The lowest BCUT2D eigenvalue weighted by molar-refractivity contribution is -0.166. The molecule has 0 aliphatic heterocycles. The van der Waals surface area contributed by atoms with Gasteiger partial charge in [0.1, 0.15) is 12.2 Å². The van der Waals surface area contributed by atoms with Crippen molar-refractivity contribution in [3.63, 3.8) is 0 Å². The summed E-state index contributed by atoms with van der Waals surface area (Å²) in [6, 6.07) is 0. The lowest BCUT2D eigenvalue weighted by Gasteiger charge is -2.46. The van der Waals surface area contributed by atoms with Crippen molar-refractivity contribution >= 4 is 23.9 Å². The third-order valence-corrected chi connectivity index (χ3v) is 10.4. The molecule has 3 aliphatic carbocycles. The van der Waals surface area contributed by atoms with Crippen LogP contribution in [0.5, 0.6) is 0 Å². The van der Waals surface area contributed by atoms with Crippen LogP contribution in [0.2, 0.25) is 0 Å². The number of aliphatic carboxylic acids is 2. The highest BCUT2D eigenvalue weighted by atomic mass is 16.5.